The van der Waals surface area contributed by atoms with Crippen LogP contribution in [0, 0.1) is 6.92 Å². The Hall–Kier alpha value is -3.75. The molecular weight excluding hydrogens is 380 g/mol. The van der Waals surface area contributed by atoms with Crippen LogP contribution < -0.4 is 26.2 Å². The third-order valence-electron chi connectivity index (χ3n) is 4.71. The van der Waals surface area contributed by atoms with E-state index in [9.17, 15) is 19.5 Å². The van der Waals surface area contributed by atoms with E-state index in [1.807, 2.05) is 0 Å². The number of pyridine rings is 1. The van der Waals surface area contributed by atoms with Gasteiger partial charge in [0.15, 0.2) is 17.3 Å². The van der Waals surface area contributed by atoms with Crippen LogP contribution in [0.4, 0.5) is 0 Å². The molecule has 1 aromatic carbocycles. The Bertz CT molecular complexity index is 1240. The molecule has 3 heterocycles. The third kappa shape index (κ3) is 3.42. The maximum atomic E-state index is 12.8. The number of hydrogen-bond donors (Lipinski definition) is 3. The summed E-state index contributed by atoms with van der Waals surface area (Å²) in [5.41, 5.74) is 4.81. The van der Waals surface area contributed by atoms with Gasteiger partial charge in [-0.1, -0.05) is 0 Å². The van der Waals surface area contributed by atoms with Crippen molar-refractivity contribution in [3.63, 3.8) is 0 Å². The number of ether oxygens (including phenoxy) is 2. The van der Waals surface area contributed by atoms with Gasteiger partial charge in [0.2, 0.25) is 17.1 Å². The first-order valence-corrected chi connectivity index (χ1v) is 8.92. The number of primary amides is 1. The standard InChI is InChI=1S/C20H18N2O7/c1-9-4-14(23)18(25)19(29-9)11(7-17(21)24)12-5-10-6-15-16(28-3-2-27-15)8-13(10)22-20(12)26/h4-6,8,11,25H,2-3,7H2,1H3,(H2,21,24)(H,22,26)/t11-/m1/s1. The van der Waals surface area contributed by atoms with Gasteiger partial charge >= 0.3 is 0 Å². The molecule has 9 nitrogen and oxygen atoms in total. The molecule has 1 aliphatic heterocycles. The summed E-state index contributed by atoms with van der Waals surface area (Å²) in [6.07, 6.45) is -0.334. The van der Waals surface area contributed by atoms with E-state index in [4.69, 9.17) is 19.6 Å². The number of nitrogens with two attached hydrogens (primary N) is 1. The number of benzene rings is 1. The molecule has 2 aromatic heterocycles. The van der Waals surface area contributed by atoms with Crippen LogP contribution in [0.1, 0.15) is 29.4 Å². The fourth-order valence-corrected chi connectivity index (χ4v) is 3.43. The highest BCUT2D eigenvalue weighted by Crippen LogP contribution is 2.36. The molecule has 0 spiro atoms. The lowest BCUT2D eigenvalue weighted by molar-refractivity contribution is -0.118. The number of amides is 1. The summed E-state index contributed by atoms with van der Waals surface area (Å²) in [6.45, 7) is 2.34. The first-order valence-electron chi connectivity index (χ1n) is 8.92. The number of aryl methyl sites for hydroxylation is 1. The molecule has 150 valence electrons. The number of carbonyl (C=O) groups excluding carboxylic acids is 1. The highest BCUT2D eigenvalue weighted by Gasteiger charge is 2.28. The molecule has 0 radical (unpaired) electrons. The van der Waals surface area contributed by atoms with Crippen LogP contribution >= 0.6 is 0 Å². The largest absolute Gasteiger partial charge is 0.502 e. The predicted octanol–water partition coefficient (Wildman–Crippen LogP) is 1.27. The number of aromatic nitrogens is 1. The summed E-state index contributed by atoms with van der Waals surface area (Å²) in [7, 11) is 0. The second-order valence-corrected chi connectivity index (χ2v) is 6.79. The Morgan fingerprint density at radius 3 is 2.55 bits per heavy atom. The van der Waals surface area contributed by atoms with Crippen molar-refractivity contribution < 1.29 is 23.8 Å². The van der Waals surface area contributed by atoms with Gasteiger partial charge in [0, 0.05) is 29.5 Å². The van der Waals surface area contributed by atoms with Gasteiger partial charge in [0.1, 0.15) is 19.0 Å². The molecule has 1 aliphatic rings. The van der Waals surface area contributed by atoms with Crippen molar-refractivity contribution >= 4 is 16.8 Å². The first kappa shape index (κ1) is 18.6. The van der Waals surface area contributed by atoms with Gasteiger partial charge in [-0.25, -0.2) is 0 Å². The third-order valence-corrected chi connectivity index (χ3v) is 4.71. The lowest BCUT2D eigenvalue weighted by Gasteiger charge is -2.20. The summed E-state index contributed by atoms with van der Waals surface area (Å²) in [5.74, 6) is -1.34. The van der Waals surface area contributed by atoms with E-state index in [1.54, 1.807) is 18.2 Å². The summed E-state index contributed by atoms with van der Waals surface area (Å²) < 4.78 is 16.6. The zero-order chi connectivity index (χ0) is 20.7. The van der Waals surface area contributed by atoms with Gasteiger partial charge < -0.3 is 29.7 Å². The second kappa shape index (κ2) is 7.01. The van der Waals surface area contributed by atoms with E-state index in [-0.39, 0.29) is 23.5 Å². The Balaban J connectivity index is 1.93. The molecule has 0 fully saturated rings. The van der Waals surface area contributed by atoms with E-state index in [1.165, 1.54) is 6.92 Å². The average Bonchev–Trinajstić information content (AvgIpc) is 2.67. The van der Waals surface area contributed by atoms with Gasteiger partial charge in [-0.15, -0.1) is 0 Å². The fourth-order valence-electron chi connectivity index (χ4n) is 3.43. The first-order chi connectivity index (χ1) is 13.8. The van der Waals surface area contributed by atoms with Crippen LogP contribution in [0.3, 0.4) is 0 Å². The molecule has 0 saturated carbocycles. The Morgan fingerprint density at radius 2 is 1.86 bits per heavy atom. The van der Waals surface area contributed by atoms with E-state index in [2.05, 4.69) is 4.98 Å². The molecule has 1 atom stereocenters. The minimum atomic E-state index is -1.04. The Morgan fingerprint density at radius 1 is 1.17 bits per heavy atom. The molecule has 29 heavy (non-hydrogen) atoms. The smallest absolute Gasteiger partial charge is 0.252 e. The number of hydrogen-bond acceptors (Lipinski definition) is 7. The van der Waals surface area contributed by atoms with Crippen molar-refractivity contribution in [2.24, 2.45) is 5.73 Å². The maximum Gasteiger partial charge on any atom is 0.252 e. The molecule has 9 heteroatoms. The van der Waals surface area contributed by atoms with Crippen molar-refractivity contribution in [2.75, 3.05) is 13.2 Å². The molecule has 4 N–H and O–H groups in total. The summed E-state index contributed by atoms with van der Waals surface area (Å²) >= 11 is 0. The van der Waals surface area contributed by atoms with E-state index < -0.39 is 28.6 Å². The van der Waals surface area contributed by atoms with Crippen molar-refractivity contribution in [1.82, 2.24) is 4.98 Å². The van der Waals surface area contributed by atoms with E-state index in [0.29, 0.717) is 35.6 Å². The normalized spacial score (nSPS) is 14.0. The van der Waals surface area contributed by atoms with Crippen LogP contribution in [0.15, 0.2) is 38.3 Å². The van der Waals surface area contributed by atoms with Crippen molar-refractivity contribution in [1.29, 1.82) is 0 Å². The number of aromatic hydroxyl groups is 1. The van der Waals surface area contributed by atoms with Crippen molar-refractivity contribution in [3.8, 4) is 17.2 Å². The minimum absolute atomic E-state index is 0.122. The van der Waals surface area contributed by atoms with Gasteiger partial charge in [-0.3, -0.25) is 14.4 Å². The van der Waals surface area contributed by atoms with Crippen LogP contribution in [-0.2, 0) is 4.79 Å². The quantitative estimate of drug-likeness (QED) is 0.600. The summed E-state index contributed by atoms with van der Waals surface area (Å²) in [5, 5.41) is 10.8. The summed E-state index contributed by atoms with van der Waals surface area (Å²) in [6, 6.07) is 6.04. The number of nitrogens with one attached hydrogen (secondary N) is 1. The lowest BCUT2D eigenvalue weighted by Crippen LogP contribution is -2.23. The van der Waals surface area contributed by atoms with Gasteiger partial charge in [-0.05, 0) is 19.1 Å². The SMILES string of the molecule is Cc1cc(=O)c(O)c([C@H](CC(N)=O)c2cc3cc4c(cc3[nH]c2=O)OCCO4)o1. The van der Waals surface area contributed by atoms with Crippen LogP contribution in [-0.4, -0.2) is 29.2 Å². The number of fused-ring (bicyclic) bond motifs is 2. The minimum Gasteiger partial charge on any atom is -0.502 e. The molecule has 3 aromatic rings. The number of carbonyl (C=O) groups is 1. The number of rotatable bonds is 4. The van der Waals surface area contributed by atoms with E-state index in [0.717, 1.165) is 6.07 Å². The number of H-pyrrole nitrogens is 1. The Kier molecular flexibility index (Phi) is 4.50. The topological polar surface area (TPSA) is 145 Å². The van der Waals surface area contributed by atoms with Crippen LogP contribution in [0.5, 0.6) is 17.2 Å². The van der Waals surface area contributed by atoms with Gasteiger partial charge in [0.25, 0.3) is 5.56 Å². The van der Waals surface area contributed by atoms with Gasteiger partial charge in [0.05, 0.1) is 11.4 Å². The predicted molar refractivity (Wildman–Crippen MR) is 103 cm³/mol. The Labute approximate surface area is 163 Å². The van der Waals surface area contributed by atoms with Crippen molar-refractivity contribution in [3.05, 3.63) is 61.9 Å². The van der Waals surface area contributed by atoms with Crippen molar-refractivity contribution in [2.45, 2.75) is 19.3 Å². The fraction of sp³-hybridized carbons (Fsp3) is 0.250. The zero-order valence-electron chi connectivity index (χ0n) is 15.5. The monoisotopic (exact) mass is 398 g/mol. The average molecular weight is 398 g/mol. The van der Waals surface area contributed by atoms with Gasteiger partial charge in [-0.2, -0.15) is 0 Å². The number of aromatic amines is 1. The molecule has 0 bridgehead atoms. The summed E-state index contributed by atoms with van der Waals surface area (Å²) in [4.78, 5) is 39.2. The molecule has 0 unspecified atom stereocenters. The maximum absolute atomic E-state index is 12.8. The van der Waals surface area contributed by atoms with Crippen LogP contribution in [0.2, 0.25) is 0 Å². The van der Waals surface area contributed by atoms with Crippen LogP contribution in [0.25, 0.3) is 10.9 Å². The molecule has 4 rings (SSSR count). The molecule has 1 amide bonds. The molecular formula is C20H18N2O7. The zero-order valence-corrected chi connectivity index (χ0v) is 15.5. The van der Waals surface area contributed by atoms with E-state index >= 15 is 0 Å². The lowest BCUT2D eigenvalue weighted by atomic mass is 9.92. The second-order valence-electron chi connectivity index (χ2n) is 6.79. The molecule has 0 saturated heterocycles. The highest BCUT2D eigenvalue weighted by molar-refractivity contribution is 5.84. The molecule has 0 aliphatic carbocycles. The highest BCUT2D eigenvalue weighted by atomic mass is 16.6.